The first-order chi connectivity index (χ1) is 6.19. The van der Waals surface area contributed by atoms with Crippen molar-refractivity contribution in [3.05, 3.63) is 28.2 Å². The Balaban J connectivity index is 3.17. The second kappa shape index (κ2) is 4.50. The highest BCUT2D eigenvalue weighted by Gasteiger charge is 2.12. The molecule has 2 nitrogen and oxygen atoms in total. The number of alkyl halides is 1. The van der Waals surface area contributed by atoms with Crippen molar-refractivity contribution in [2.75, 3.05) is 7.11 Å². The van der Waals surface area contributed by atoms with Crippen molar-refractivity contribution in [3.63, 3.8) is 0 Å². The van der Waals surface area contributed by atoms with Gasteiger partial charge in [-0.1, -0.05) is 15.9 Å². The molecule has 0 spiro atoms. The Hall–Kier alpha value is -0.720. The van der Waals surface area contributed by atoms with Crippen LogP contribution in [0.2, 0.25) is 0 Å². The number of nitrogens with zero attached hydrogens (tertiary/aromatic N) is 1. The largest absolute Gasteiger partial charge is 0.496 e. The third kappa shape index (κ3) is 2.36. The van der Waals surface area contributed by atoms with Gasteiger partial charge in [0.25, 0.3) is 0 Å². The number of benzene rings is 1. The lowest BCUT2D eigenvalue weighted by Gasteiger charge is -2.08. The van der Waals surface area contributed by atoms with E-state index in [1.807, 2.05) is 12.1 Å². The van der Waals surface area contributed by atoms with Gasteiger partial charge in [0.15, 0.2) is 0 Å². The van der Waals surface area contributed by atoms with Crippen molar-refractivity contribution in [1.82, 2.24) is 0 Å². The van der Waals surface area contributed by atoms with E-state index in [1.54, 1.807) is 19.2 Å². The van der Waals surface area contributed by atoms with E-state index in [-0.39, 0.29) is 0 Å². The molecule has 13 heavy (non-hydrogen) atoms. The maximum Gasteiger partial charge on any atom is 0.149 e. The summed E-state index contributed by atoms with van der Waals surface area (Å²) in [5.74, 6) is 0.629. The van der Waals surface area contributed by atoms with E-state index in [0.717, 1.165) is 4.47 Å². The van der Waals surface area contributed by atoms with Crippen LogP contribution in [0.5, 0.6) is 5.75 Å². The summed E-state index contributed by atoms with van der Waals surface area (Å²) < 4.78 is 5.95. The van der Waals surface area contributed by atoms with E-state index >= 15 is 0 Å². The summed E-state index contributed by atoms with van der Waals surface area (Å²) in [7, 11) is 1.55. The molecule has 0 fully saturated rings. The molecule has 0 amide bonds. The molecule has 4 heteroatoms. The van der Waals surface area contributed by atoms with Gasteiger partial charge in [-0.25, -0.2) is 0 Å². The average Bonchev–Trinajstić information content (AvgIpc) is 2.16. The molecule has 0 aromatic heterocycles. The lowest BCUT2D eigenvalue weighted by molar-refractivity contribution is 0.410. The smallest absolute Gasteiger partial charge is 0.149 e. The van der Waals surface area contributed by atoms with Gasteiger partial charge >= 0.3 is 0 Å². The zero-order valence-corrected chi connectivity index (χ0v) is 9.26. The van der Waals surface area contributed by atoms with Crippen LogP contribution in [0.3, 0.4) is 0 Å². The SMILES string of the molecule is COc1ccc(Br)cc1[C@H](Cl)C#N. The van der Waals surface area contributed by atoms with E-state index in [4.69, 9.17) is 21.6 Å². The summed E-state index contributed by atoms with van der Waals surface area (Å²) in [5.41, 5.74) is 0.682. The maximum atomic E-state index is 8.65. The number of rotatable bonds is 2. The van der Waals surface area contributed by atoms with Gasteiger partial charge in [0.05, 0.1) is 13.2 Å². The number of nitriles is 1. The van der Waals surface area contributed by atoms with Gasteiger partial charge in [0, 0.05) is 10.0 Å². The molecular weight excluding hydrogens is 253 g/mol. The van der Waals surface area contributed by atoms with Crippen LogP contribution in [0.25, 0.3) is 0 Å². The Kier molecular flexibility index (Phi) is 3.58. The summed E-state index contributed by atoms with van der Waals surface area (Å²) >= 11 is 9.08. The van der Waals surface area contributed by atoms with Crippen molar-refractivity contribution < 1.29 is 4.74 Å². The monoisotopic (exact) mass is 259 g/mol. The van der Waals surface area contributed by atoms with Gasteiger partial charge in [-0.2, -0.15) is 5.26 Å². The van der Waals surface area contributed by atoms with Gasteiger partial charge in [0.1, 0.15) is 11.1 Å². The van der Waals surface area contributed by atoms with E-state index < -0.39 is 5.38 Å². The van der Waals surface area contributed by atoms with Crippen LogP contribution in [0.1, 0.15) is 10.9 Å². The van der Waals surface area contributed by atoms with Crippen molar-refractivity contribution >= 4 is 27.5 Å². The number of ether oxygens (including phenoxy) is 1. The molecule has 0 N–H and O–H groups in total. The van der Waals surface area contributed by atoms with E-state index in [0.29, 0.717) is 11.3 Å². The van der Waals surface area contributed by atoms with Crippen molar-refractivity contribution in [3.8, 4) is 11.8 Å². The standard InChI is InChI=1S/C9H7BrClNO/c1-13-9-3-2-6(10)4-7(9)8(11)5-12/h2-4,8H,1H3/t8-/m1/s1. The molecule has 0 aliphatic rings. The maximum absolute atomic E-state index is 8.65. The first kappa shape index (κ1) is 10.4. The van der Waals surface area contributed by atoms with Gasteiger partial charge in [-0.05, 0) is 18.2 Å². The second-order valence-corrected chi connectivity index (χ2v) is 3.73. The molecule has 68 valence electrons. The predicted octanol–water partition coefficient (Wildman–Crippen LogP) is 3.26. The summed E-state index contributed by atoms with van der Waals surface area (Å²) in [6.07, 6.45) is 0. The highest BCUT2D eigenvalue weighted by Crippen LogP contribution is 2.31. The van der Waals surface area contributed by atoms with Gasteiger partial charge in [0.2, 0.25) is 0 Å². The normalized spacial score (nSPS) is 11.8. The highest BCUT2D eigenvalue weighted by molar-refractivity contribution is 9.10. The van der Waals surface area contributed by atoms with Crippen LogP contribution in [-0.2, 0) is 0 Å². The van der Waals surface area contributed by atoms with Crippen molar-refractivity contribution in [1.29, 1.82) is 5.26 Å². The first-order valence-corrected chi connectivity index (χ1v) is 4.79. The van der Waals surface area contributed by atoms with Crippen LogP contribution in [0.4, 0.5) is 0 Å². The van der Waals surface area contributed by atoms with E-state index in [1.165, 1.54) is 0 Å². The third-order valence-corrected chi connectivity index (χ3v) is 2.40. The summed E-state index contributed by atoms with van der Waals surface area (Å²) in [4.78, 5) is 0. The molecule has 0 aliphatic heterocycles. The first-order valence-electron chi connectivity index (χ1n) is 3.56. The van der Waals surface area contributed by atoms with Crippen LogP contribution in [0, 0.1) is 11.3 Å². The predicted molar refractivity (Wildman–Crippen MR) is 54.9 cm³/mol. The number of methoxy groups -OCH3 is 1. The van der Waals surface area contributed by atoms with E-state index in [9.17, 15) is 0 Å². The third-order valence-electron chi connectivity index (χ3n) is 1.58. The molecule has 1 aromatic carbocycles. The Morgan fingerprint density at radius 2 is 2.31 bits per heavy atom. The van der Waals surface area contributed by atoms with Crippen molar-refractivity contribution in [2.45, 2.75) is 5.38 Å². The molecule has 0 saturated heterocycles. The molecule has 0 bridgehead atoms. The Morgan fingerprint density at radius 1 is 1.62 bits per heavy atom. The van der Waals surface area contributed by atoms with Crippen LogP contribution in [-0.4, -0.2) is 7.11 Å². The van der Waals surface area contributed by atoms with Crippen LogP contribution in [0.15, 0.2) is 22.7 Å². The van der Waals surface area contributed by atoms with E-state index in [2.05, 4.69) is 15.9 Å². The Bertz CT molecular complexity index is 348. The molecule has 0 saturated carbocycles. The summed E-state index contributed by atoms with van der Waals surface area (Å²) in [6, 6.07) is 7.33. The molecule has 1 atom stereocenters. The van der Waals surface area contributed by atoms with Gasteiger partial charge in [-0.3, -0.25) is 0 Å². The molecular formula is C9H7BrClNO. The quantitative estimate of drug-likeness (QED) is 0.765. The summed E-state index contributed by atoms with van der Waals surface area (Å²) in [5, 5.41) is 7.97. The highest BCUT2D eigenvalue weighted by atomic mass is 79.9. The fraction of sp³-hybridized carbons (Fsp3) is 0.222. The van der Waals surface area contributed by atoms with Gasteiger partial charge < -0.3 is 4.74 Å². The van der Waals surface area contributed by atoms with Crippen molar-refractivity contribution in [2.24, 2.45) is 0 Å². The minimum Gasteiger partial charge on any atom is -0.496 e. The zero-order chi connectivity index (χ0) is 9.84. The Morgan fingerprint density at radius 3 is 2.85 bits per heavy atom. The fourth-order valence-electron chi connectivity index (χ4n) is 0.973. The molecule has 1 rings (SSSR count). The number of halogens is 2. The topological polar surface area (TPSA) is 33.0 Å². The second-order valence-electron chi connectivity index (χ2n) is 2.38. The number of hydrogen-bond acceptors (Lipinski definition) is 2. The lowest BCUT2D eigenvalue weighted by atomic mass is 10.1. The lowest BCUT2D eigenvalue weighted by Crippen LogP contribution is -1.93. The molecule has 0 radical (unpaired) electrons. The van der Waals surface area contributed by atoms with Crippen LogP contribution < -0.4 is 4.74 Å². The van der Waals surface area contributed by atoms with Crippen LogP contribution >= 0.6 is 27.5 Å². The fourth-order valence-corrected chi connectivity index (χ4v) is 1.52. The molecule has 0 heterocycles. The minimum atomic E-state index is -0.674. The molecule has 0 aliphatic carbocycles. The summed E-state index contributed by atoms with van der Waals surface area (Å²) in [6.45, 7) is 0. The molecule has 0 unspecified atom stereocenters. The van der Waals surface area contributed by atoms with Gasteiger partial charge in [-0.15, -0.1) is 11.6 Å². The number of hydrogen-bond donors (Lipinski definition) is 0. The average molecular weight is 261 g/mol. The molecule has 1 aromatic rings. The minimum absolute atomic E-state index is 0.629. The Labute approximate surface area is 90.2 Å². The zero-order valence-electron chi connectivity index (χ0n) is 6.92.